The maximum Gasteiger partial charge on any atom is 0.303 e. The molecule has 2 N–H and O–H groups in total. The molecule has 0 atom stereocenters. The first-order chi connectivity index (χ1) is 12.5. The van der Waals surface area contributed by atoms with Gasteiger partial charge in [0.05, 0.1) is 12.3 Å². The quantitative estimate of drug-likeness (QED) is 0.609. The smallest absolute Gasteiger partial charge is 0.303 e. The van der Waals surface area contributed by atoms with Crippen LogP contribution < -0.4 is 10.1 Å². The van der Waals surface area contributed by atoms with Crippen molar-refractivity contribution in [3.8, 4) is 5.75 Å². The van der Waals surface area contributed by atoms with Crippen LogP contribution in [0.15, 0.2) is 42.5 Å². The predicted molar refractivity (Wildman–Crippen MR) is 102 cm³/mol. The summed E-state index contributed by atoms with van der Waals surface area (Å²) in [5.74, 6) is -0.503. The molecule has 0 heterocycles. The number of carboxylic acids is 1. The molecule has 0 fully saturated rings. The van der Waals surface area contributed by atoms with E-state index in [-0.39, 0.29) is 12.3 Å². The fraction of sp³-hybridized carbons (Fsp3) is 0.300. The van der Waals surface area contributed by atoms with Crippen LogP contribution >= 0.6 is 11.6 Å². The number of nitrogens with one attached hydrogen (secondary N) is 1. The molecule has 26 heavy (non-hydrogen) atoms. The average molecular weight is 376 g/mol. The maximum absolute atomic E-state index is 12.5. The Hall–Kier alpha value is -2.53. The van der Waals surface area contributed by atoms with Crippen molar-refractivity contribution in [2.45, 2.75) is 32.6 Å². The number of carboxylic acid groups (broad SMARTS) is 1. The van der Waals surface area contributed by atoms with Gasteiger partial charge < -0.3 is 15.2 Å². The van der Waals surface area contributed by atoms with Crippen LogP contribution in [0.2, 0.25) is 5.02 Å². The summed E-state index contributed by atoms with van der Waals surface area (Å²) in [4.78, 5) is 23.0. The summed E-state index contributed by atoms with van der Waals surface area (Å²) in [6, 6.07) is 12.4. The van der Waals surface area contributed by atoms with Crippen LogP contribution in [0.25, 0.3) is 0 Å². The highest BCUT2D eigenvalue weighted by molar-refractivity contribution is 6.30. The Morgan fingerprint density at radius 3 is 2.62 bits per heavy atom. The third-order valence-corrected chi connectivity index (χ3v) is 4.11. The number of hydrogen-bond acceptors (Lipinski definition) is 3. The first-order valence-electron chi connectivity index (χ1n) is 8.48. The topological polar surface area (TPSA) is 75.6 Å². The Labute approximate surface area is 157 Å². The van der Waals surface area contributed by atoms with E-state index in [9.17, 15) is 9.59 Å². The van der Waals surface area contributed by atoms with Crippen molar-refractivity contribution in [2.24, 2.45) is 0 Å². The molecule has 0 aliphatic heterocycles. The molecule has 2 aromatic rings. The summed E-state index contributed by atoms with van der Waals surface area (Å²) in [7, 11) is 0. The Bertz CT molecular complexity index is 776. The van der Waals surface area contributed by atoms with Crippen LogP contribution in [-0.2, 0) is 4.79 Å². The number of amides is 1. The largest absolute Gasteiger partial charge is 0.491 e. The second-order valence-electron chi connectivity index (χ2n) is 5.96. The Balaban J connectivity index is 1.97. The van der Waals surface area contributed by atoms with Gasteiger partial charge in [0.2, 0.25) is 0 Å². The molecule has 6 heteroatoms. The van der Waals surface area contributed by atoms with Crippen molar-refractivity contribution >= 4 is 29.2 Å². The van der Waals surface area contributed by atoms with Crippen molar-refractivity contribution in [3.63, 3.8) is 0 Å². The fourth-order valence-electron chi connectivity index (χ4n) is 2.47. The van der Waals surface area contributed by atoms with Gasteiger partial charge in [0.1, 0.15) is 5.75 Å². The van der Waals surface area contributed by atoms with Crippen LogP contribution in [0.5, 0.6) is 5.75 Å². The summed E-state index contributed by atoms with van der Waals surface area (Å²) >= 11 is 6.04. The lowest BCUT2D eigenvalue weighted by Gasteiger charge is -2.14. The number of carbonyl (C=O) groups is 2. The molecule has 0 aromatic heterocycles. The molecule has 1 amide bonds. The molecular weight excluding hydrogens is 354 g/mol. The molecule has 138 valence electrons. The molecule has 5 nitrogen and oxygen atoms in total. The molecule has 0 saturated heterocycles. The van der Waals surface area contributed by atoms with E-state index in [0.717, 1.165) is 18.4 Å². The standard InChI is InChI=1S/C20H22ClNO4/c1-14-7-4-5-8-16(14)20(25)22-17-11-10-15(21)13-18(17)26-12-6-2-3-9-19(23)24/h4-5,7-8,10-11,13H,2-3,6,9,12H2,1H3,(H,22,25)(H,23,24). The third kappa shape index (κ3) is 6.08. The number of aryl methyl sites for hydroxylation is 1. The minimum absolute atomic E-state index is 0.162. The summed E-state index contributed by atoms with van der Waals surface area (Å²) < 4.78 is 5.75. The van der Waals surface area contributed by atoms with Gasteiger partial charge in [-0.2, -0.15) is 0 Å². The molecule has 0 unspecified atom stereocenters. The lowest BCUT2D eigenvalue weighted by atomic mass is 10.1. The zero-order valence-corrected chi connectivity index (χ0v) is 15.4. The summed E-state index contributed by atoms with van der Waals surface area (Å²) in [6.45, 7) is 2.30. The van der Waals surface area contributed by atoms with E-state index in [1.54, 1.807) is 24.3 Å². The fourth-order valence-corrected chi connectivity index (χ4v) is 2.64. The summed E-state index contributed by atoms with van der Waals surface area (Å²) in [5.41, 5.74) is 2.04. The third-order valence-electron chi connectivity index (χ3n) is 3.87. The van der Waals surface area contributed by atoms with Crippen LogP contribution in [0, 0.1) is 6.92 Å². The summed E-state index contributed by atoms with van der Waals surface area (Å²) in [6.07, 6.45) is 2.27. The van der Waals surface area contributed by atoms with Crippen LogP contribution in [0.1, 0.15) is 41.6 Å². The van der Waals surface area contributed by atoms with E-state index in [2.05, 4.69) is 5.32 Å². The minimum atomic E-state index is -0.790. The van der Waals surface area contributed by atoms with Crippen molar-refractivity contribution in [1.82, 2.24) is 0 Å². The molecule has 2 aromatic carbocycles. The Morgan fingerprint density at radius 1 is 1.12 bits per heavy atom. The van der Waals surface area contributed by atoms with Crippen LogP contribution in [0.4, 0.5) is 5.69 Å². The van der Waals surface area contributed by atoms with Gasteiger partial charge in [-0.3, -0.25) is 9.59 Å². The number of benzene rings is 2. The molecular formula is C20H22ClNO4. The van der Waals surface area contributed by atoms with E-state index < -0.39 is 5.97 Å². The first kappa shape index (κ1) is 19.8. The molecule has 0 saturated carbocycles. The number of rotatable bonds is 9. The second kappa shape index (κ2) is 9.82. The zero-order chi connectivity index (χ0) is 18.9. The highest BCUT2D eigenvalue weighted by Crippen LogP contribution is 2.29. The van der Waals surface area contributed by atoms with Gasteiger partial charge in [-0.25, -0.2) is 0 Å². The van der Waals surface area contributed by atoms with Crippen molar-refractivity contribution in [1.29, 1.82) is 0 Å². The van der Waals surface area contributed by atoms with Gasteiger partial charge >= 0.3 is 5.97 Å². The van der Waals surface area contributed by atoms with Gasteiger partial charge in [-0.1, -0.05) is 29.8 Å². The van der Waals surface area contributed by atoms with Gasteiger partial charge in [0, 0.05) is 23.1 Å². The number of ether oxygens (including phenoxy) is 1. The zero-order valence-electron chi connectivity index (χ0n) is 14.6. The monoisotopic (exact) mass is 375 g/mol. The molecule has 0 radical (unpaired) electrons. The van der Waals surface area contributed by atoms with Crippen LogP contribution in [0.3, 0.4) is 0 Å². The summed E-state index contributed by atoms with van der Waals surface area (Å²) in [5, 5.41) is 12.0. The van der Waals surface area contributed by atoms with Crippen molar-refractivity contribution < 1.29 is 19.4 Å². The lowest BCUT2D eigenvalue weighted by molar-refractivity contribution is -0.137. The Morgan fingerprint density at radius 2 is 1.88 bits per heavy atom. The maximum atomic E-state index is 12.5. The number of anilines is 1. The normalized spacial score (nSPS) is 10.4. The van der Waals surface area contributed by atoms with E-state index in [0.29, 0.717) is 35.1 Å². The van der Waals surface area contributed by atoms with Gasteiger partial charge in [0.15, 0.2) is 0 Å². The molecule has 2 rings (SSSR count). The number of unbranched alkanes of at least 4 members (excludes halogenated alkanes) is 2. The Kier molecular flexibility index (Phi) is 7.48. The van der Waals surface area contributed by atoms with Crippen molar-refractivity contribution in [3.05, 3.63) is 58.6 Å². The number of aliphatic carboxylic acids is 1. The van der Waals surface area contributed by atoms with Gasteiger partial charge in [0.25, 0.3) is 5.91 Å². The SMILES string of the molecule is Cc1ccccc1C(=O)Nc1ccc(Cl)cc1OCCCCCC(=O)O. The van der Waals surface area contributed by atoms with E-state index >= 15 is 0 Å². The van der Waals surface area contributed by atoms with Crippen molar-refractivity contribution in [2.75, 3.05) is 11.9 Å². The average Bonchev–Trinajstić information content (AvgIpc) is 2.60. The number of hydrogen-bond donors (Lipinski definition) is 2. The predicted octanol–water partition coefficient (Wildman–Crippen LogP) is 4.92. The highest BCUT2D eigenvalue weighted by Gasteiger charge is 2.12. The highest BCUT2D eigenvalue weighted by atomic mass is 35.5. The van der Waals surface area contributed by atoms with Crippen LogP contribution in [-0.4, -0.2) is 23.6 Å². The first-order valence-corrected chi connectivity index (χ1v) is 8.86. The van der Waals surface area contributed by atoms with E-state index in [1.165, 1.54) is 0 Å². The molecule has 0 aliphatic rings. The minimum Gasteiger partial charge on any atom is -0.491 e. The number of halogens is 1. The van der Waals surface area contributed by atoms with Gasteiger partial charge in [-0.05, 0) is 49.9 Å². The van der Waals surface area contributed by atoms with E-state index in [1.807, 2.05) is 25.1 Å². The molecule has 0 spiro atoms. The lowest BCUT2D eigenvalue weighted by Crippen LogP contribution is -2.14. The van der Waals surface area contributed by atoms with Gasteiger partial charge in [-0.15, -0.1) is 0 Å². The number of carbonyl (C=O) groups excluding carboxylic acids is 1. The second-order valence-corrected chi connectivity index (χ2v) is 6.40. The molecule has 0 bridgehead atoms. The molecule has 0 aliphatic carbocycles. The van der Waals surface area contributed by atoms with E-state index in [4.69, 9.17) is 21.4 Å².